The Bertz CT molecular complexity index is 648. The van der Waals surface area contributed by atoms with Gasteiger partial charge in [-0.05, 0) is 36.4 Å². The lowest BCUT2D eigenvalue weighted by Crippen LogP contribution is -2.46. The van der Waals surface area contributed by atoms with Crippen molar-refractivity contribution in [1.82, 2.24) is 10.2 Å². The molecule has 3 N–H and O–H groups in total. The second-order valence-electron chi connectivity index (χ2n) is 6.54. The number of thiophene rings is 1. The number of guanidine groups is 1. The molecule has 0 bridgehead atoms. The maximum Gasteiger partial charge on any atom is 0.188 e. The van der Waals surface area contributed by atoms with Gasteiger partial charge in [-0.25, -0.2) is 0 Å². The van der Waals surface area contributed by atoms with Gasteiger partial charge < -0.3 is 16.0 Å². The highest BCUT2D eigenvalue weighted by Crippen LogP contribution is 2.15. The van der Waals surface area contributed by atoms with E-state index in [9.17, 15) is 0 Å². The lowest BCUT2D eigenvalue weighted by atomic mass is 10.2. The summed E-state index contributed by atoms with van der Waals surface area (Å²) >= 11 is 1.78. The van der Waals surface area contributed by atoms with E-state index < -0.39 is 0 Å². The predicted molar refractivity (Wildman–Crippen MR) is 112 cm³/mol. The number of nitrogens with one attached hydrogen (secondary N) is 1. The van der Waals surface area contributed by atoms with Gasteiger partial charge >= 0.3 is 0 Å². The smallest absolute Gasteiger partial charge is 0.188 e. The van der Waals surface area contributed by atoms with Gasteiger partial charge in [0.15, 0.2) is 5.96 Å². The summed E-state index contributed by atoms with van der Waals surface area (Å²) in [5.41, 5.74) is 7.27. The molecule has 5 nitrogen and oxygen atoms in total. The van der Waals surface area contributed by atoms with Crippen LogP contribution in [0.15, 0.2) is 52.8 Å². The van der Waals surface area contributed by atoms with Crippen LogP contribution in [0.2, 0.25) is 0 Å². The van der Waals surface area contributed by atoms with Crippen LogP contribution in [0.3, 0.4) is 0 Å². The zero-order chi connectivity index (χ0) is 18.0. The Hall–Kier alpha value is -2.05. The van der Waals surface area contributed by atoms with E-state index in [0.29, 0.717) is 5.96 Å². The molecule has 6 heteroatoms. The summed E-state index contributed by atoms with van der Waals surface area (Å²) in [7, 11) is 0. The first-order chi connectivity index (χ1) is 12.8. The van der Waals surface area contributed by atoms with Gasteiger partial charge in [-0.3, -0.25) is 9.89 Å². The first-order valence-electron chi connectivity index (χ1n) is 9.40. The molecule has 0 atom stereocenters. The van der Waals surface area contributed by atoms with Gasteiger partial charge in [-0.2, -0.15) is 0 Å². The summed E-state index contributed by atoms with van der Waals surface area (Å²) in [4.78, 5) is 10.8. The predicted octanol–water partition coefficient (Wildman–Crippen LogP) is 2.41. The normalized spacial score (nSPS) is 16.0. The largest absolute Gasteiger partial charge is 0.370 e. The van der Waals surface area contributed by atoms with Gasteiger partial charge in [0.1, 0.15) is 0 Å². The van der Waals surface area contributed by atoms with Gasteiger partial charge in [0.2, 0.25) is 0 Å². The molecule has 1 fully saturated rings. The molecule has 1 saturated heterocycles. The third kappa shape index (κ3) is 6.04. The first-order valence-corrected chi connectivity index (χ1v) is 10.3. The molecular weight excluding hydrogens is 342 g/mol. The number of nitrogens with zero attached hydrogens (tertiary/aromatic N) is 3. The van der Waals surface area contributed by atoms with Crippen molar-refractivity contribution in [2.45, 2.75) is 12.8 Å². The fourth-order valence-corrected chi connectivity index (χ4v) is 3.90. The monoisotopic (exact) mass is 371 g/mol. The Morgan fingerprint density at radius 1 is 1.08 bits per heavy atom. The fourth-order valence-electron chi connectivity index (χ4n) is 3.19. The zero-order valence-electron chi connectivity index (χ0n) is 15.3. The molecule has 1 aromatic carbocycles. The second kappa shape index (κ2) is 10.2. The quantitative estimate of drug-likeness (QED) is 0.425. The van der Waals surface area contributed by atoms with Crippen LogP contribution in [0.4, 0.5) is 5.69 Å². The number of nitrogens with two attached hydrogens (primary N) is 1. The number of anilines is 1. The van der Waals surface area contributed by atoms with E-state index in [0.717, 1.165) is 58.7 Å². The van der Waals surface area contributed by atoms with Crippen molar-refractivity contribution >= 4 is 23.0 Å². The lowest BCUT2D eigenvalue weighted by molar-refractivity contribution is 0.256. The number of piperazine rings is 1. The topological polar surface area (TPSA) is 56.9 Å². The van der Waals surface area contributed by atoms with Crippen molar-refractivity contribution < 1.29 is 0 Å². The molecule has 26 heavy (non-hydrogen) atoms. The summed E-state index contributed by atoms with van der Waals surface area (Å²) in [6, 6.07) is 14.9. The van der Waals surface area contributed by atoms with Crippen LogP contribution in [0.1, 0.15) is 11.3 Å². The van der Waals surface area contributed by atoms with E-state index >= 15 is 0 Å². The van der Waals surface area contributed by atoms with E-state index in [1.54, 1.807) is 11.3 Å². The Morgan fingerprint density at radius 3 is 2.62 bits per heavy atom. The first kappa shape index (κ1) is 18.7. The number of aliphatic imine (C=N–C) groups is 1. The molecule has 1 aromatic heterocycles. The van der Waals surface area contributed by atoms with E-state index in [-0.39, 0.29) is 0 Å². The Labute approximate surface area is 160 Å². The van der Waals surface area contributed by atoms with Crippen molar-refractivity contribution in [3.8, 4) is 0 Å². The molecule has 0 radical (unpaired) electrons. The molecule has 0 aliphatic carbocycles. The molecule has 2 heterocycles. The number of para-hydroxylation sites is 1. The van der Waals surface area contributed by atoms with Crippen LogP contribution in [0.25, 0.3) is 0 Å². The summed E-state index contributed by atoms with van der Waals surface area (Å²) in [5, 5.41) is 5.30. The summed E-state index contributed by atoms with van der Waals surface area (Å²) < 4.78 is 0. The van der Waals surface area contributed by atoms with Crippen molar-refractivity contribution in [3.05, 3.63) is 52.7 Å². The standard InChI is InChI=1S/C20H29N5S/c21-20(23-11-9-19-8-4-17-26-19)22-10-5-12-24-13-15-25(16-14-24)18-6-2-1-3-7-18/h1-4,6-8,17H,5,9-16H2,(H3,21,22,23). The summed E-state index contributed by atoms with van der Waals surface area (Å²) in [6.07, 6.45) is 2.05. The highest BCUT2D eigenvalue weighted by atomic mass is 32.1. The Morgan fingerprint density at radius 2 is 1.88 bits per heavy atom. The van der Waals surface area contributed by atoms with E-state index in [2.05, 4.69) is 68.0 Å². The molecule has 140 valence electrons. The lowest BCUT2D eigenvalue weighted by Gasteiger charge is -2.36. The van der Waals surface area contributed by atoms with E-state index in [1.807, 2.05) is 0 Å². The van der Waals surface area contributed by atoms with Gasteiger partial charge in [-0.15, -0.1) is 11.3 Å². The molecule has 1 aliphatic rings. The van der Waals surface area contributed by atoms with E-state index in [1.165, 1.54) is 10.6 Å². The third-order valence-corrected chi connectivity index (χ3v) is 5.60. The molecule has 0 amide bonds. The Balaban J connectivity index is 1.27. The van der Waals surface area contributed by atoms with Gasteiger partial charge in [0, 0.05) is 56.4 Å². The van der Waals surface area contributed by atoms with Crippen LogP contribution in [-0.4, -0.2) is 56.7 Å². The average molecular weight is 372 g/mol. The maximum absolute atomic E-state index is 5.94. The van der Waals surface area contributed by atoms with Crippen molar-refractivity contribution in [1.29, 1.82) is 0 Å². The van der Waals surface area contributed by atoms with Crippen molar-refractivity contribution in [2.24, 2.45) is 10.7 Å². The third-order valence-electron chi connectivity index (χ3n) is 4.67. The van der Waals surface area contributed by atoms with Crippen LogP contribution >= 0.6 is 11.3 Å². The molecule has 0 saturated carbocycles. The highest BCUT2D eigenvalue weighted by Gasteiger charge is 2.16. The minimum Gasteiger partial charge on any atom is -0.370 e. The van der Waals surface area contributed by atoms with E-state index in [4.69, 9.17) is 5.73 Å². The molecule has 0 spiro atoms. The maximum atomic E-state index is 5.94. The number of benzene rings is 1. The minimum absolute atomic E-state index is 0.565. The van der Waals surface area contributed by atoms with Crippen LogP contribution < -0.4 is 16.0 Å². The van der Waals surface area contributed by atoms with Gasteiger partial charge in [0.05, 0.1) is 0 Å². The summed E-state index contributed by atoms with van der Waals surface area (Å²) in [6.45, 7) is 7.16. The van der Waals surface area contributed by atoms with Gasteiger partial charge in [0.25, 0.3) is 0 Å². The number of hydrogen-bond donors (Lipinski definition) is 2. The number of hydrogen-bond acceptors (Lipinski definition) is 4. The fraction of sp³-hybridized carbons (Fsp3) is 0.450. The molecule has 2 aromatic rings. The van der Waals surface area contributed by atoms with Gasteiger partial charge in [-0.1, -0.05) is 24.3 Å². The minimum atomic E-state index is 0.565. The molecule has 3 rings (SSSR count). The second-order valence-corrected chi connectivity index (χ2v) is 7.57. The van der Waals surface area contributed by atoms with Crippen molar-refractivity contribution in [2.75, 3.05) is 50.7 Å². The van der Waals surface area contributed by atoms with Crippen LogP contribution in [-0.2, 0) is 6.42 Å². The highest BCUT2D eigenvalue weighted by molar-refractivity contribution is 7.09. The molecular formula is C20H29N5S. The SMILES string of the molecule is NC(=NCCCN1CCN(c2ccccc2)CC1)NCCc1cccs1. The summed E-state index contributed by atoms with van der Waals surface area (Å²) in [5.74, 6) is 0.565. The number of rotatable bonds is 8. The zero-order valence-corrected chi connectivity index (χ0v) is 16.1. The Kier molecular flexibility index (Phi) is 7.34. The average Bonchev–Trinajstić information content (AvgIpc) is 3.20. The van der Waals surface area contributed by atoms with Crippen LogP contribution in [0, 0.1) is 0 Å². The van der Waals surface area contributed by atoms with Crippen LogP contribution in [0.5, 0.6) is 0 Å². The molecule has 1 aliphatic heterocycles. The molecule has 0 unspecified atom stereocenters. The van der Waals surface area contributed by atoms with Crippen molar-refractivity contribution in [3.63, 3.8) is 0 Å².